The second kappa shape index (κ2) is 9.02. The molecule has 1 saturated heterocycles. The molecule has 1 aromatic heterocycles. The van der Waals surface area contributed by atoms with Crippen LogP contribution in [0.25, 0.3) is 0 Å². The fourth-order valence-electron chi connectivity index (χ4n) is 3.58. The number of benzene rings is 1. The fraction of sp³-hybridized carbons (Fsp3) is 0.429. The molecule has 2 heterocycles. The number of sulfonamides is 1. The zero-order chi connectivity index (χ0) is 21.0. The summed E-state index contributed by atoms with van der Waals surface area (Å²) >= 11 is 0. The maximum Gasteiger partial charge on any atom is 0.257 e. The number of anilines is 1. The summed E-state index contributed by atoms with van der Waals surface area (Å²) in [5.74, 6) is 0.392. The van der Waals surface area contributed by atoms with Crippen LogP contribution in [0.2, 0.25) is 0 Å². The number of hydrogen-bond acceptors (Lipinski definition) is 5. The maximum absolute atomic E-state index is 12.8. The lowest BCUT2D eigenvalue weighted by Crippen LogP contribution is -2.42. The summed E-state index contributed by atoms with van der Waals surface area (Å²) in [6.07, 6.45) is 3.19. The zero-order valence-corrected chi connectivity index (χ0v) is 17.8. The van der Waals surface area contributed by atoms with Crippen molar-refractivity contribution in [2.75, 3.05) is 18.4 Å². The monoisotopic (exact) mass is 416 g/mol. The standard InChI is InChI=1S/C21H28N4O3S/c1-14-6-4-5-7-19(14)21(26)24-20-15(2)12-18(13-23-20)29(27,28)25-16(3)17-8-10-22-11-9-17/h4-7,12-13,16-17,22,25H,8-11H2,1-3H3,(H,23,24,26)/t16-/m1/s1. The minimum absolute atomic E-state index is 0.102. The molecule has 7 nitrogen and oxygen atoms in total. The molecule has 0 radical (unpaired) electrons. The normalized spacial score (nSPS) is 16.4. The summed E-state index contributed by atoms with van der Waals surface area (Å²) in [4.78, 5) is 16.8. The quantitative estimate of drug-likeness (QED) is 0.672. The topological polar surface area (TPSA) is 100 Å². The molecular formula is C21H28N4O3S. The van der Waals surface area contributed by atoms with Crippen molar-refractivity contribution in [1.82, 2.24) is 15.0 Å². The Morgan fingerprint density at radius 3 is 2.52 bits per heavy atom. The Balaban J connectivity index is 1.72. The molecule has 3 rings (SSSR count). The van der Waals surface area contributed by atoms with Crippen LogP contribution in [0, 0.1) is 19.8 Å². The number of hydrogen-bond donors (Lipinski definition) is 3. The molecule has 0 bridgehead atoms. The molecule has 1 amide bonds. The lowest BCUT2D eigenvalue weighted by atomic mass is 9.92. The second-order valence-corrected chi connectivity index (χ2v) is 9.32. The van der Waals surface area contributed by atoms with Crippen molar-refractivity contribution in [3.63, 3.8) is 0 Å². The van der Waals surface area contributed by atoms with Crippen LogP contribution in [0.15, 0.2) is 41.4 Å². The first-order chi connectivity index (χ1) is 13.8. The molecule has 29 heavy (non-hydrogen) atoms. The van der Waals surface area contributed by atoms with Gasteiger partial charge in [0.2, 0.25) is 10.0 Å². The van der Waals surface area contributed by atoms with Crippen molar-refractivity contribution in [3.05, 3.63) is 53.2 Å². The summed E-state index contributed by atoms with van der Waals surface area (Å²) in [6, 6.07) is 8.66. The number of carbonyl (C=O) groups is 1. The van der Waals surface area contributed by atoms with Gasteiger partial charge in [0.15, 0.2) is 0 Å². The van der Waals surface area contributed by atoms with Gasteiger partial charge in [-0.25, -0.2) is 18.1 Å². The summed E-state index contributed by atoms with van der Waals surface area (Å²) in [7, 11) is -3.68. The molecule has 0 aliphatic carbocycles. The average Bonchev–Trinajstić information content (AvgIpc) is 2.70. The van der Waals surface area contributed by atoms with Crippen LogP contribution in [0.3, 0.4) is 0 Å². The van der Waals surface area contributed by atoms with Crippen LogP contribution in [-0.2, 0) is 10.0 Å². The van der Waals surface area contributed by atoms with Crippen molar-refractivity contribution >= 4 is 21.7 Å². The Labute approximate surface area is 172 Å². The Bertz CT molecular complexity index is 985. The van der Waals surface area contributed by atoms with E-state index in [-0.39, 0.29) is 16.8 Å². The predicted octanol–water partition coefficient (Wildman–Crippen LogP) is 2.62. The van der Waals surface area contributed by atoms with Crippen LogP contribution in [-0.4, -0.2) is 38.4 Å². The minimum atomic E-state index is -3.68. The zero-order valence-electron chi connectivity index (χ0n) is 17.0. The van der Waals surface area contributed by atoms with Crippen LogP contribution in [0.1, 0.15) is 41.3 Å². The molecule has 2 aromatic rings. The lowest BCUT2D eigenvalue weighted by molar-refractivity contribution is 0.102. The largest absolute Gasteiger partial charge is 0.317 e. The number of piperidine rings is 1. The van der Waals surface area contributed by atoms with E-state index in [0.29, 0.717) is 22.9 Å². The number of rotatable bonds is 6. The van der Waals surface area contributed by atoms with E-state index in [4.69, 9.17) is 0 Å². The van der Waals surface area contributed by atoms with Gasteiger partial charge in [0.25, 0.3) is 5.91 Å². The molecule has 156 valence electrons. The van der Waals surface area contributed by atoms with Crippen molar-refractivity contribution in [2.45, 2.75) is 44.6 Å². The highest BCUT2D eigenvalue weighted by atomic mass is 32.2. The number of aryl methyl sites for hydroxylation is 2. The van der Waals surface area contributed by atoms with Gasteiger partial charge in [0.1, 0.15) is 10.7 Å². The number of amides is 1. The maximum atomic E-state index is 12.8. The first-order valence-corrected chi connectivity index (χ1v) is 11.3. The van der Waals surface area contributed by atoms with Gasteiger partial charge in [0.05, 0.1) is 0 Å². The number of nitrogens with one attached hydrogen (secondary N) is 3. The van der Waals surface area contributed by atoms with E-state index in [9.17, 15) is 13.2 Å². The van der Waals surface area contributed by atoms with Gasteiger partial charge in [-0.05, 0) is 75.9 Å². The van der Waals surface area contributed by atoms with E-state index < -0.39 is 10.0 Å². The highest BCUT2D eigenvalue weighted by Crippen LogP contribution is 2.21. The van der Waals surface area contributed by atoms with Gasteiger partial charge in [0, 0.05) is 17.8 Å². The third-order valence-electron chi connectivity index (χ3n) is 5.42. The minimum Gasteiger partial charge on any atom is -0.317 e. The summed E-state index contributed by atoms with van der Waals surface area (Å²) in [5.41, 5.74) is 2.00. The average molecular weight is 417 g/mol. The van der Waals surface area contributed by atoms with E-state index in [0.717, 1.165) is 31.5 Å². The number of carbonyl (C=O) groups excluding carboxylic acids is 1. The van der Waals surface area contributed by atoms with E-state index in [2.05, 4.69) is 20.3 Å². The van der Waals surface area contributed by atoms with Gasteiger partial charge >= 0.3 is 0 Å². The predicted molar refractivity (Wildman–Crippen MR) is 113 cm³/mol. The molecule has 1 aromatic carbocycles. The Hall–Kier alpha value is -2.29. The Morgan fingerprint density at radius 1 is 1.17 bits per heavy atom. The Kier molecular flexibility index (Phi) is 6.66. The van der Waals surface area contributed by atoms with E-state index >= 15 is 0 Å². The SMILES string of the molecule is Cc1ccccc1C(=O)Nc1ncc(S(=O)(=O)N[C@H](C)C2CCNCC2)cc1C. The highest BCUT2D eigenvalue weighted by Gasteiger charge is 2.25. The van der Waals surface area contributed by atoms with Crippen molar-refractivity contribution in [3.8, 4) is 0 Å². The van der Waals surface area contributed by atoms with Crippen molar-refractivity contribution in [2.24, 2.45) is 5.92 Å². The van der Waals surface area contributed by atoms with E-state index in [1.165, 1.54) is 12.3 Å². The van der Waals surface area contributed by atoms with E-state index in [1.807, 2.05) is 26.0 Å². The molecule has 3 N–H and O–H groups in total. The first kappa shape index (κ1) is 21.4. The fourth-order valence-corrected chi connectivity index (χ4v) is 4.92. The molecule has 1 aliphatic heterocycles. The van der Waals surface area contributed by atoms with Gasteiger partial charge < -0.3 is 10.6 Å². The lowest BCUT2D eigenvalue weighted by Gasteiger charge is -2.28. The molecule has 1 fully saturated rings. The van der Waals surface area contributed by atoms with Crippen LogP contribution >= 0.6 is 0 Å². The number of nitrogens with zero attached hydrogens (tertiary/aromatic N) is 1. The molecular weight excluding hydrogens is 388 g/mol. The third kappa shape index (κ3) is 5.20. The molecule has 8 heteroatoms. The first-order valence-electron chi connectivity index (χ1n) is 9.84. The Morgan fingerprint density at radius 2 is 1.86 bits per heavy atom. The third-order valence-corrected chi connectivity index (χ3v) is 6.94. The highest BCUT2D eigenvalue weighted by molar-refractivity contribution is 7.89. The van der Waals surface area contributed by atoms with Gasteiger partial charge in [-0.1, -0.05) is 18.2 Å². The number of pyridine rings is 1. The van der Waals surface area contributed by atoms with Crippen molar-refractivity contribution in [1.29, 1.82) is 0 Å². The second-order valence-electron chi connectivity index (χ2n) is 7.60. The smallest absolute Gasteiger partial charge is 0.257 e. The molecule has 1 atom stereocenters. The molecule has 0 spiro atoms. The van der Waals surface area contributed by atoms with Crippen LogP contribution in [0.4, 0.5) is 5.82 Å². The van der Waals surface area contributed by atoms with Crippen LogP contribution in [0.5, 0.6) is 0 Å². The van der Waals surface area contributed by atoms with Crippen LogP contribution < -0.4 is 15.4 Å². The van der Waals surface area contributed by atoms with E-state index in [1.54, 1.807) is 19.1 Å². The summed E-state index contributed by atoms with van der Waals surface area (Å²) < 4.78 is 28.3. The molecule has 1 aliphatic rings. The van der Waals surface area contributed by atoms with Gasteiger partial charge in [-0.2, -0.15) is 0 Å². The van der Waals surface area contributed by atoms with Gasteiger partial charge in [-0.3, -0.25) is 4.79 Å². The number of aromatic nitrogens is 1. The summed E-state index contributed by atoms with van der Waals surface area (Å²) in [5, 5.41) is 6.05. The van der Waals surface area contributed by atoms with Crippen molar-refractivity contribution < 1.29 is 13.2 Å². The summed E-state index contributed by atoms with van der Waals surface area (Å²) in [6.45, 7) is 7.32. The molecule has 0 saturated carbocycles. The molecule has 0 unspecified atom stereocenters. The van der Waals surface area contributed by atoms with Gasteiger partial charge in [-0.15, -0.1) is 0 Å².